The summed E-state index contributed by atoms with van der Waals surface area (Å²) in [4.78, 5) is 2.38. The van der Waals surface area contributed by atoms with Gasteiger partial charge in [-0.05, 0) is 44.2 Å². The van der Waals surface area contributed by atoms with Crippen LogP contribution in [0.4, 0.5) is 5.69 Å². The molecule has 0 bridgehead atoms. The molecule has 0 radical (unpaired) electrons. The van der Waals surface area contributed by atoms with Crippen molar-refractivity contribution in [3.05, 3.63) is 29.3 Å². The third kappa shape index (κ3) is 2.50. The monoisotopic (exact) mass is 245 g/mol. The Kier molecular flexibility index (Phi) is 3.90. The average molecular weight is 245 g/mol. The van der Waals surface area contributed by atoms with Gasteiger partial charge in [0.05, 0.1) is 5.69 Å². The highest BCUT2D eigenvalue weighted by molar-refractivity contribution is 6.01. The van der Waals surface area contributed by atoms with Gasteiger partial charge in [0.1, 0.15) is 5.84 Å². The van der Waals surface area contributed by atoms with Crippen LogP contribution in [-0.2, 0) is 0 Å². The minimum atomic E-state index is 0.167. The number of anilines is 1. The minimum absolute atomic E-state index is 0.167. The normalized spacial score (nSPS) is 15.2. The van der Waals surface area contributed by atoms with Crippen LogP contribution in [0.1, 0.15) is 37.3 Å². The third-order valence-corrected chi connectivity index (χ3v) is 3.93. The molecule has 1 aromatic carbocycles. The summed E-state index contributed by atoms with van der Waals surface area (Å²) in [7, 11) is 0. The van der Waals surface area contributed by atoms with Crippen molar-refractivity contribution in [1.82, 2.24) is 0 Å². The van der Waals surface area contributed by atoms with Crippen LogP contribution in [0.5, 0.6) is 0 Å². The van der Waals surface area contributed by atoms with E-state index in [4.69, 9.17) is 11.1 Å². The molecule has 18 heavy (non-hydrogen) atoms. The van der Waals surface area contributed by atoms with Crippen LogP contribution >= 0.6 is 0 Å². The van der Waals surface area contributed by atoms with E-state index in [0.29, 0.717) is 0 Å². The number of rotatable bonds is 5. The lowest BCUT2D eigenvalue weighted by Gasteiger charge is -2.35. The summed E-state index contributed by atoms with van der Waals surface area (Å²) in [5.41, 5.74) is 8.95. The van der Waals surface area contributed by atoms with Gasteiger partial charge >= 0.3 is 0 Å². The molecule has 3 N–H and O–H groups in total. The molecule has 0 atom stereocenters. The molecular weight excluding hydrogens is 222 g/mol. The van der Waals surface area contributed by atoms with E-state index in [1.54, 1.807) is 0 Å². The molecule has 98 valence electrons. The predicted molar refractivity (Wildman–Crippen MR) is 77.4 cm³/mol. The van der Waals surface area contributed by atoms with Crippen LogP contribution in [0, 0.1) is 18.3 Å². The average Bonchev–Trinajstić information content (AvgIpc) is 2.28. The fraction of sp³-hybridized carbons (Fsp3) is 0.533. The van der Waals surface area contributed by atoms with Crippen molar-refractivity contribution in [3.63, 3.8) is 0 Å². The Bertz CT molecular complexity index is 435. The van der Waals surface area contributed by atoms with E-state index in [0.717, 1.165) is 30.3 Å². The van der Waals surface area contributed by atoms with Crippen molar-refractivity contribution in [3.8, 4) is 0 Å². The number of nitrogens with two attached hydrogens (primary N) is 1. The van der Waals surface area contributed by atoms with E-state index in [2.05, 4.69) is 24.8 Å². The van der Waals surface area contributed by atoms with E-state index in [-0.39, 0.29) is 5.84 Å². The molecule has 2 rings (SSSR count). The highest BCUT2D eigenvalue weighted by atomic mass is 15.1. The zero-order chi connectivity index (χ0) is 13.1. The van der Waals surface area contributed by atoms with E-state index in [9.17, 15) is 0 Å². The Morgan fingerprint density at radius 3 is 2.67 bits per heavy atom. The van der Waals surface area contributed by atoms with Crippen molar-refractivity contribution in [2.24, 2.45) is 11.7 Å². The molecule has 0 heterocycles. The fourth-order valence-corrected chi connectivity index (χ4v) is 2.66. The first-order valence-electron chi connectivity index (χ1n) is 6.82. The lowest BCUT2D eigenvalue weighted by atomic mass is 9.85. The summed E-state index contributed by atoms with van der Waals surface area (Å²) < 4.78 is 0. The van der Waals surface area contributed by atoms with Crippen molar-refractivity contribution in [2.75, 3.05) is 18.0 Å². The smallest absolute Gasteiger partial charge is 0.124 e. The number of hydrogen-bond donors (Lipinski definition) is 2. The number of aryl methyl sites for hydroxylation is 1. The van der Waals surface area contributed by atoms with Crippen LogP contribution < -0.4 is 10.6 Å². The van der Waals surface area contributed by atoms with Gasteiger partial charge in [-0.25, -0.2) is 0 Å². The SMILES string of the molecule is CCN(CC1CCC1)c1c(C)cccc1C(=N)N. The van der Waals surface area contributed by atoms with E-state index >= 15 is 0 Å². The number of nitrogens with zero attached hydrogens (tertiary/aromatic N) is 1. The van der Waals surface area contributed by atoms with Crippen LogP contribution in [0.15, 0.2) is 18.2 Å². The highest BCUT2D eigenvalue weighted by Gasteiger charge is 2.22. The Hall–Kier alpha value is -1.51. The van der Waals surface area contributed by atoms with Gasteiger partial charge in [0.15, 0.2) is 0 Å². The number of para-hydroxylation sites is 1. The van der Waals surface area contributed by atoms with Gasteiger partial charge in [-0.3, -0.25) is 5.41 Å². The number of nitrogen functional groups attached to an aromatic ring is 1. The first kappa shape index (κ1) is 12.9. The Balaban J connectivity index is 2.30. The molecule has 0 amide bonds. The van der Waals surface area contributed by atoms with Crippen molar-refractivity contribution in [1.29, 1.82) is 5.41 Å². The third-order valence-electron chi connectivity index (χ3n) is 3.93. The Labute approximate surface area is 109 Å². The van der Waals surface area contributed by atoms with E-state index < -0.39 is 0 Å². The topological polar surface area (TPSA) is 53.1 Å². The summed E-state index contributed by atoms with van der Waals surface area (Å²) in [6.45, 7) is 6.35. The molecule has 1 fully saturated rings. The maximum absolute atomic E-state index is 7.73. The summed E-state index contributed by atoms with van der Waals surface area (Å²) in [5, 5.41) is 7.73. The van der Waals surface area contributed by atoms with Gasteiger partial charge in [-0.2, -0.15) is 0 Å². The highest BCUT2D eigenvalue weighted by Crippen LogP contribution is 2.31. The molecule has 0 spiro atoms. The molecule has 1 aromatic rings. The van der Waals surface area contributed by atoms with Gasteiger partial charge in [-0.1, -0.05) is 18.6 Å². The predicted octanol–water partition coefficient (Wildman–Crippen LogP) is 2.91. The zero-order valence-electron chi connectivity index (χ0n) is 11.4. The van der Waals surface area contributed by atoms with Gasteiger partial charge in [0, 0.05) is 18.7 Å². The lowest BCUT2D eigenvalue weighted by molar-refractivity contribution is 0.318. The van der Waals surface area contributed by atoms with Crippen LogP contribution in [0.3, 0.4) is 0 Å². The molecule has 1 saturated carbocycles. The van der Waals surface area contributed by atoms with E-state index in [1.165, 1.54) is 24.8 Å². The fourth-order valence-electron chi connectivity index (χ4n) is 2.66. The first-order valence-corrected chi connectivity index (χ1v) is 6.82. The number of benzene rings is 1. The molecular formula is C15H23N3. The zero-order valence-corrected chi connectivity index (χ0v) is 11.4. The molecule has 3 heteroatoms. The van der Waals surface area contributed by atoms with Crippen molar-refractivity contribution < 1.29 is 0 Å². The molecule has 0 aromatic heterocycles. The molecule has 3 nitrogen and oxygen atoms in total. The minimum Gasteiger partial charge on any atom is -0.384 e. The maximum Gasteiger partial charge on any atom is 0.124 e. The molecule has 0 aliphatic heterocycles. The van der Waals surface area contributed by atoms with Gasteiger partial charge < -0.3 is 10.6 Å². The van der Waals surface area contributed by atoms with Gasteiger partial charge in [0.2, 0.25) is 0 Å². The van der Waals surface area contributed by atoms with Crippen LogP contribution in [0.2, 0.25) is 0 Å². The number of amidine groups is 1. The van der Waals surface area contributed by atoms with Crippen molar-refractivity contribution in [2.45, 2.75) is 33.1 Å². The van der Waals surface area contributed by atoms with E-state index in [1.807, 2.05) is 12.1 Å². The second-order valence-electron chi connectivity index (χ2n) is 5.22. The summed E-state index contributed by atoms with van der Waals surface area (Å²) in [6, 6.07) is 6.03. The maximum atomic E-state index is 7.73. The molecule has 0 saturated heterocycles. The number of nitrogens with one attached hydrogen (secondary N) is 1. The summed E-state index contributed by atoms with van der Waals surface area (Å²) >= 11 is 0. The Morgan fingerprint density at radius 2 is 2.17 bits per heavy atom. The lowest BCUT2D eigenvalue weighted by Crippen LogP contribution is -2.34. The van der Waals surface area contributed by atoms with Gasteiger partial charge in [-0.15, -0.1) is 0 Å². The quantitative estimate of drug-likeness (QED) is 0.619. The standard InChI is InChI=1S/C15H23N3/c1-3-18(10-12-7-5-8-12)14-11(2)6-4-9-13(14)15(16)17/h4,6,9,12H,3,5,7-8,10H2,1-2H3,(H3,16,17). The van der Waals surface area contributed by atoms with Crippen LogP contribution in [0.25, 0.3) is 0 Å². The second-order valence-corrected chi connectivity index (χ2v) is 5.22. The van der Waals surface area contributed by atoms with Gasteiger partial charge in [0.25, 0.3) is 0 Å². The van der Waals surface area contributed by atoms with Crippen molar-refractivity contribution >= 4 is 11.5 Å². The summed E-state index contributed by atoms with van der Waals surface area (Å²) in [5.74, 6) is 0.991. The largest absolute Gasteiger partial charge is 0.384 e. The van der Waals surface area contributed by atoms with Crippen LogP contribution in [-0.4, -0.2) is 18.9 Å². The first-order chi connectivity index (χ1) is 8.63. The molecule has 0 unspecified atom stereocenters. The Morgan fingerprint density at radius 1 is 1.44 bits per heavy atom. The second kappa shape index (κ2) is 5.42. The summed E-state index contributed by atoms with van der Waals surface area (Å²) in [6.07, 6.45) is 4.06. The number of hydrogen-bond acceptors (Lipinski definition) is 2. The molecule has 1 aliphatic rings. The molecule has 1 aliphatic carbocycles.